The predicted molar refractivity (Wildman–Crippen MR) is 84.3 cm³/mol. The summed E-state index contributed by atoms with van der Waals surface area (Å²) in [5, 5.41) is 0.641. The highest BCUT2D eigenvalue weighted by molar-refractivity contribution is 6.30. The summed E-state index contributed by atoms with van der Waals surface area (Å²) in [5.74, 6) is 0.525. The largest absolute Gasteiger partial charge is 0.483 e. The normalized spacial score (nSPS) is 16.4. The fraction of sp³-hybridized carbons (Fsp3) is 0.222. The number of hydrogen-bond donors (Lipinski definition) is 0. The van der Waals surface area contributed by atoms with E-state index in [1.807, 2.05) is 32.0 Å². The fourth-order valence-corrected chi connectivity index (χ4v) is 2.79. The van der Waals surface area contributed by atoms with Gasteiger partial charge in [0.05, 0.1) is 0 Å². The molecular formula is C18H16ClFO. The Morgan fingerprint density at radius 3 is 2.38 bits per heavy atom. The Balaban J connectivity index is 2.26. The average molecular weight is 303 g/mol. The van der Waals surface area contributed by atoms with E-state index in [4.69, 9.17) is 16.3 Å². The molecule has 1 nitrogen and oxygen atoms in total. The predicted octanol–water partition coefficient (Wildman–Crippen LogP) is 5.47. The minimum atomic E-state index is -0.429. The van der Waals surface area contributed by atoms with Gasteiger partial charge in [0, 0.05) is 10.6 Å². The van der Waals surface area contributed by atoms with Crippen LogP contribution in [0.5, 0.6) is 5.75 Å². The summed E-state index contributed by atoms with van der Waals surface area (Å²) in [7, 11) is 0. The first-order valence-electron chi connectivity index (χ1n) is 6.85. The first kappa shape index (κ1) is 14.2. The van der Waals surface area contributed by atoms with Gasteiger partial charge in [-0.3, -0.25) is 0 Å². The second-order valence-corrected chi connectivity index (χ2v) is 6.20. The molecule has 0 aliphatic carbocycles. The molecule has 1 aliphatic heterocycles. The lowest BCUT2D eigenvalue weighted by Crippen LogP contribution is -2.33. The van der Waals surface area contributed by atoms with Crippen LogP contribution < -0.4 is 4.74 Å². The van der Waals surface area contributed by atoms with Crippen LogP contribution in [0, 0.1) is 5.82 Å². The van der Waals surface area contributed by atoms with Crippen molar-refractivity contribution in [2.45, 2.75) is 26.4 Å². The van der Waals surface area contributed by atoms with Gasteiger partial charge in [-0.25, -0.2) is 4.39 Å². The van der Waals surface area contributed by atoms with E-state index >= 15 is 0 Å². The second-order valence-electron chi connectivity index (χ2n) is 5.76. The van der Waals surface area contributed by atoms with Crippen LogP contribution in [-0.4, -0.2) is 5.60 Å². The zero-order valence-electron chi connectivity index (χ0n) is 12.2. The van der Waals surface area contributed by atoms with Crippen LogP contribution in [0.4, 0.5) is 4.39 Å². The van der Waals surface area contributed by atoms with E-state index < -0.39 is 5.60 Å². The number of fused-ring (bicyclic) bond motifs is 1. The molecule has 3 heteroatoms. The minimum Gasteiger partial charge on any atom is -0.483 e. The lowest BCUT2D eigenvalue weighted by atomic mass is 9.84. The molecule has 3 rings (SSSR count). The summed E-state index contributed by atoms with van der Waals surface area (Å²) in [6.45, 7) is 6.10. The Hall–Kier alpha value is -1.80. The smallest absolute Gasteiger partial charge is 0.129 e. The highest BCUT2D eigenvalue weighted by atomic mass is 35.5. The van der Waals surface area contributed by atoms with Crippen LogP contribution in [0.3, 0.4) is 0 Å². The van der Waals surface area contributed by atoms with E-state index in [9.17, 15) is 4.39 Å². The second kappa shape index (κ2) is 4.88. The van der Waals surface area contributed by atoms with E-state index in [1.165, 1.54) is 12.1 Å². The third kappa shape index (κ3) is 2.44. The van der Waals surface area contributed by atoms with Crippen molar-refractivity contribution in [3.05, 3.63) is 70.0 Å². The van der Waals surface area contributed by atoms with E-state index in [0.717, 1.165) is 28.0 Å². The lowest BCUT2D eigenvalue weighted by Gasteiger charge is -2.36. The van der Waals surface area contributed by atoms with Crippen LogP contribution in [0.2, 0.25) is 5.02 Å². The Labute approximate surface area is 129 Å². The van der Waals surface area contributed by atoms with Gasteiger partial charge in [0.1, 0.15) is 17.2 Å². The summed E-state index contributed by atoms with van der Waals surface area (Å²) < 4.78 is 19.3. The molecule has 0 fully saturated rings. The molecule has 108 valence electrons. The molecule has 2 aromatic rings. The standard InChI is InChI=1S/C18H16ClFO/c1-11-17(12-4-7-14(20)8-5-12)15-9-6-13(19)10-16(15)21-18(11,2)3/h4-10H,1-3H3. The van der Waals surface area contributed by atoms with Gasteiger partial charge in [-0.1, -0.05) is 23.7 Å². The van der Waals surface area contributed by atoms with Crippen LogP contribution in [0.25, 0.3) is 5.57 Å². The molecule has 0 atom stereocenters. The molecule has 2 aromatic carbocycles. The third-order valence-electron chi connectivity index (χ3n) is 3.99. The summed E-state index contributed by atoms with van der Waals surface area (Å²) >= 11 is 6.08. The first-order chi connectivity index (χ1) is 9.88. The summed E-state index contributed by atoms with van der Waals surface area (Å²) in [6.07, 6.45) is 0. The first-order valence-corrected chi connectivity index (χ1v) is 7.22. The van der Waals surface area contributed by atoms with Gasteiger partial charge in [-0.2, -0.15) is 0 Å². The number of hydrogen-bond acceptors (Lipinski definition) is 1. The molecule has 0 spiro atoms. The van der Waals surface area contributed by atoms with Gasteiger partial charge in [0.2, 0.25) is 0 Å². The maximum atomic E-state index is 13.2. The molecule has 1 aliphatic rings. The van der Waals surface area contributed by atoms with Crippen molar-refractivity contribution in [1.29, 1.82) is 0 Å². The summed E-state index contributed by atoms with van der Waals surface area (Å²) in [5.41, 5.74) is 3.74. The topological polar surface area (TPSA) is 9.23 Å². The fourth-order valence-electron chi connectivity index (χ4n) is 2.63. The van der Waals surface area contributed by atoms with Gasteiger partial charge >= 0.3 is 0 Å². The minimum absolute atomic E-state index is 0.236. The molecule has 0 amide bonds. The van der Waals surface area contributed by atoms with Gasteiger partial charge < -0.3 is 4.74 Å². The summed E-state index contributed by atoms with van der Waals surface area (Å²) in [6, 6.07) is 12.2. The number of ether oxygens (including phenoxy) is 1. The van der Waals surface area contributed by atoms with Crippen LogP contribution >= 0.6 is 11.6 Å². The van der Waals surface area contributed by atoms with Crippen molar-refractivity contribution >= 4 is 17.2 Å². The number of benzene rings is 2. The Morgan fingerprint density at radius 1 is 1.05 bits per heavy atom. The van der Waals surface area contributed by atoms with E-state index in [1.54, 1.807) is 12.1 Å². The zero-order valence-corrected chi connectivity index (χ0v) is 13.0. The molecule has 0 unspecified atom stereocenters. The summed E-state index contributed by atoms with van der Waals surface area (Å²) in [4.78, 5) is 0. The molecule has 0 N–H and O–H groups in total. The molecule has 0 saturated heterocycles. The third-order valence-corrected chi connectivity index (χ3v) is 4.22. The monoisotopic (exact) mass is 302 g/mol. The van der Waals surface area contributed by atoms with E-state index in [2.05, 4.69) is 6.92 Å². The molecule has 0 radical (unpaired) electrons. The van der Waals surface area contributed by atoms with Crippen molar-refractivity contribution < 1.29 is 9.13 Å². The van der Waals surface area contributed by atoms with E-state index in [-0.39, 0.29) is 5.82 Å². The average Bonchev–Trinajstić information content (AvgIpc) is 2.41. The van der Waals surface area contributed by atoms with Crippen LogP contribution in [-0.2, 0) is 0 Å². The zero-order chi connectivity index (χ0) is 15.2. The molecule has 21 heavy (non-hydrogen) atoms. The maximum Gasteiger partial charge on any atom is 0.129 e. The lowest BCUT2D eigenvalue weighted by molar-refractivity contribution is 0.144. The molecular weight excluding hydrogens is 287 g/mol. The maximum absolute atomic E-state index is 13.2. The Bertz CT molecular complexity index is 729. The highest BCUT2D eigenvalue weighted by Crippen LogP contribution is 2.44. The molecule has 1 heterocycles. The van der Waals surface area contributed by atoms with Crippen molar-refractivity contribution in [2.24, 2.45) is 0 Å². The van der Waals surface area contributed by atoms with Crippen molar-refractivity contribution in [2.75, 3.05) is 0 Å². The van der Waals surface area contributed by atoms with Crippen molar-refractivity contribution in [1.82, 2.24) is 0 Å². The Morgan fingerprint density at radius 2 is 1.71 bits per heavy atom. The van der Waals surface area contributed by atoms with E-state index in [0.29, 0.717) is 5.02 Å². The number of rotatable bonds is 1. The number of halogens is 2. The SMILES string of the molecule is CC1=C(c2ccc(F)cc2)c2ccc(Cl)cc2OC1(C)C. The van der Waals surface area contributed by atoms with Crippen molar-refractivity contribution in [3.63, 3.8) is 0 Å². The quantitative estimate of drug-likeness (QED) is 0.678. The highest BCUT2D eigenvalue weighted by Gasteiger charge is 2.32. The molecule has 0 saturated carbocycles. The van der Waals surface area contributed by atoms with Crippen LogP contribution in [0.15, 0.2) is 48.0 Å². The van der Waals surface area contributed by atoms with Gasteiger partial charge in [0.15, 0.2) is 0 Å². The van der Waals surface area contributed by atoms with Gasteiger partial charge in [0.25, 0.3) is 0 Å². The molecule has 0 bridgehead atoms. The van der Waals surface area contributed by atoms with Gasteiger partial charge in [-0.15, -0.1) is 0 Å². The molecule has 0 aromatic heterocycles. The van der Waals surface area contributed by atoms with Crippen LogP contribution in [0.1, 0.15) is 31.9 Å². The Kier molecular flexibility index (Phi) is 3.29. The van der Waals surface area contributed by atoms with Gasteiger partial charge in [-0.05, 0) is 67.8 Å². The van der Waals surface area contributed by atoms with Crippen molar-refractivity contribution in [3.8, 4) is 5.75 Å².